The summed E-state index contributed by atoms with van der Waals surface area (Å²) in [6.07, 6.45) is 1.54. The van der Waals surface area contributed by atoms with E-state index in [-0.39, 0.29) is 34.0 Å². The van der Waals surface area contributed by atoms with Gasteiger partial charge in [-0.1, -0.05) is 44.8 Å². The van der Waals surface area contributed by atoms with Crippen LogP contribution in [0, 0.1) is 5.92 Å². The molecule has 1 heterocycles. The summed E-state index contributed by atoms with van der Waals surface area (Å²) in [7, 11) is 7.68. The highest BCUT2D eigenvalue weighted by atomic mass is 35.5. The number of anilines is 1. The summed E-state index contributed by atoms with van der Waals surface area (Å²) in [5.74, 6) is 1.46. The lowest BCUT2D eigenvalue weighted by Gasteiger charge is -2.32. The molecule has 0 bridgehead atoms. The van der Waals surface area contributed by atoms with Crippen molar-refractivity contribution in [3.63, 3.8) is 0 Å². The van der Waals surface area contributed by atoms with E-state index in [9.17, 15) is 9.59 Å². The Labute approximate surface area is 190 Å². The smallest absolute Gasteiger partial charge is 0.256 e. The molecule has 2 rings (SSSR count). The lowest BCUT2D eigenvalue weighted by atomic mass is 9.96. The van der Waals surface area contributed by atoms with Gasteiger partial charge in [0.1, 0.15) is 0 Å². The Morgan fingerprint density at radius 2 is 2.00 bits per heavy atom. The first kappa shape index (κ1) is 24.5. The molecule has 1 atom stereocenters. The van der Waals surface area contributed by atoms with Gasteiger partial charge in [-0.25, -0.2) is 0 Å². The fraction of sp³-hybridized carbons (Fsp3) is 0.579. The Balaban J connectivity index is 1.81. The summed E-state index contributed by atoms with van der Waals surface area (Å²) >= 11 is 12.1. The first-order chi connectivity index (χ1) is 13.8. The van der Waals surface area contributed by atoms with Crippen LogP contribution in [-0.2, 0) is 4.79 Å². The molecule has 29 heavy (non-hydrogen) atoms. The molecule has 1 aliphatic heterocycles. The Morgan fingerprint density at radius 1 is 1.28 bits per heavy atom. The second-order valence-electron chi connectivity index (χ2n) is 7.18. The summed E-state index contributed by atoms with van der Waals surface area (Å²) in [6.45, 7) is 2.63. The number of hydrogen-bond donors (Lipinski definition) is 2. The predicted molar refractivity (Wildman–Crippen MR) is 126 cm³/mol. The van der Waals surface area contributed by atoms with Gasteiger partial charge in [0.05, 0.1) is 22.2 Å². The molecule has 0 aromatic heterocycles. The number of amides is 2. The minimum Gasteiger partial charge on any atom is -0.397 e. The number of nitrogen functional groups attached to an aromatic ring is 1. The van der Waals surface area contributed by atoms with Crippen LogP contribution in [0.15, 0.2) is 12.1 Å². The van der Waals surface area contributed by atoms with E-state index in [1.807, 2.05) is 10.8 Å². The van der Waals surface area contributed by atoms with Crippen LogP contribution >= 0.6 is 44.8 Å². The van der Waals surface area contributed by atoms with Crippen LogP contribution in [0.4, 0.5) is 5.69 Å². The van der Waals surface area contributed by atoms with E-state index in [4.69, 9.17) is 28.9 Å². The van der Waals surface area contributed by atoms with Crippen molar-refractivity contribution in [2.45, 2.75) is 12.8 Å². The largest absolute Gasteiger partial charge is 0.397 e. The highest BCUT2D eigenvalue weighted by Gasteiger charge is 2.30. The van der Waals surface area contributed by atoms with E-state index in [2.05, 4.69) is 24.3 Å². The van der Waals surface area contributed by atoms with Gasteiger partial charge in [0, 0.05) is 42.7 Å². The summed E-state index contributed by atoms with van der Waals surface area (Å²) in [5, 5.41) is 3.61. The minimum absolute atomic E-state index is 0.00140. The van der Waals surface area contributed by atoms with E-state index in [0.29, 0.717) is 24.7 Å². The van der Waals surface area contributed by atoms with Crippen molar-refractivity contribution in [2.75, 3.05) is 57.5 Å². The quantitative estimate of drug-likeness (QED) is 0.321. The summed E-state index contributed by atoms with van der Waals surface area (Å²) < 4.78 is 0. The topological polar surface area (TPSA) is 78.7 Å². The van der Waals surface area contributed by atoms with Gasteiger partial charge in [0.25, 0.3) is 5.91 Å². The number of benzene rings is 1. The molecular weight excluding hydrogens is 451 g/mol. The van der Waals surface area contributed by atoms with Crippen molar-refractivity contribution in [3.8, 4) is 0 Å². The first-order valence-electron chi connectivity index (χ1n) is 9.50. The number of likely N-dealkylation sites (tertiary alicyclic amines) is 1. The summed E-state index contributed by atoms with van der Waals surface area (Å²) in [6, 6.07) is 3.04. The molecule has 10 heteroatoms. The molecule has 0 radical (unpaired) electrons. The van der Waals surface area contributed by atoms with Crippen molar-refractivity contribution in [1.82, 2.24) is 15.1 Å². The zero-order valence-corrected chi connectivity index (χ0v) is 19.9. The van der Waals surface area contributed by atoms with Gasteiger partial charge in [0.15, 0.2) is 0 Å². The number of rotatable bonds is 9. The number of hydrogen-bond acceptors (Lipinski definition) is 6. The first-order valence-corrected chi connectivity index (χ1v) is 12.7. The molecule has 2 amide bonds. The van der Waals surface area contributed by atoms with Crippen molar-refractivity contribution >= 4 is 62.3 Å². The lowest BCUT2D eigenvalue weighted by molar-refractivity contribution is -0.126. The van der Waals surface area contributed by atoms with Crippen LogP contribution in [0.25, 0.3) is 0 Å². The van der Waals surface area contributed by atoms with Gasteiger partial charge in [-0.3, -0.25) is 9.59 Å². The van der Waals surface area contributed by atoms with Crippen LogP contribution in [-0.4, -0.2) is 73.4 Å². The summed E-state index contributed by atoms with van der Waals surface area (Å²) in [4.78, 5) is 29.2. The van der Waals surface area contributed by atoms with Crippen molar-refractivity contribution < 1.29 is 9.59 Å². The van der Waals surface area contributed by atoms with E-state index in [1.54, 1.807) is 15.7 Å². The number of nitrogens with one attached hydrogen (secondary N) is 1. The number of piperidine rings is 1. The van der Waals surface area contributed by atoms with Crippen LogP contribution in [0.5, 0.6) is 0 Å². The molecule has 0 aliphatic carbocycles. The fourth-order valence-corrected chi connectivity index (χ4v) is 5.54. The SMILES string of the molecule is CN(C)CCSSCCNC(=O)[C@H]1CCCN(C(=O)c2cc(Cl)cc(Cl)c2N)C1. The Kier molecular flexibility index (Phi) is 10.3. The monoisotopic (exact) mass is 478 g/mol. The van der Waals surface area contributed by atoms with E-state index in [1.165, 1.54) is 12.1 Å². The Morgan fingerprint density at radius 3 is 2.72 bits per heavy atom. The second kappa shape index (κ2) is 12.2. The van der Waals surface area contributed by atoms with Crippen molar-refractivity contribution in [2.24, 2.45) is 5.92 Å². The average Bonchev–Trinajstić information content (AvgIpc) is 2.69. The third kappa shape index (κ3) is 7.75. The molecule has 0 saturated carbocycles. The van der Waals surface area contributed by atoms with Crippen LogP contribution in [0.3, 0.4) is 0 Å². The maximum Gasteiger partial charge on any atom is 0.256 e. The molecule has 162 valence electrons. The molecular formula is C19H28Cl2N4O2S2. The van der Waals surface area contributed by atoms with Gasteiger partial charge >= 0.3 is 0 Å². The van der Waals surface area contributed by atoms with Crippen LogP contribution in [0.1, 0.15) is 23.2 Å². The second-order valence-corrected chi connectivity index (χ2v) is 10.7. The molecule has 0 spiro atoms. The van der Waals surface area contributed by atoms with Crippen LogP contribution < -0.4 is 11.1 Å². The van der Waals surface area contributed by atoms with Gasteiger partial charge in [-0.05, 0) is 39.1 Å². The third-order valence-electron chi connectivity index (χ3n) is 4.59. The molecule has 6 nitrogen and oxygen atoms in total. The van der Waals surface area contributed by atoms with E-state index in [0.717, 1.165) is 30.9 Å². The predicted octanol–water partition coefficient (Wildman–Crippen LogP) is 3.49. The average molecular weight is 479 g/mol. The van der Waals surface area contributed by atoms with Crippen molar-refractivity contribution in [1.29, 1.82) is 0 Å². The zero-order valence-electron chi connectivity index (χ0n) is 16.7. The number of carbonyl (C=O) groups excluding carboxylic acids is 2. The number of halogens is 2. The maximum absolute atomic E-state index is 12.9. The molecule has 1 aliphatic rings. The Bertz CT molecular complexity index is 722. The number of nitrogens with zero attached hydrogens (tertiary/aromatic N) is 2. The normalized spacial score (nSPS) is 16.9. The van der Waals surface area contributed by atoms with Gasteiger partial charge in [0.2, 0.25) is 5.91 Å². The van der Waals surface area contributed by atoms with Gasteiger partial charge in [-0.2, -0.15) is 0 Å². The third-order valence-corrected chi connectivity index (χ3v) is 7.51. The van der Waals surface area contributed by atoms with Gasteiger partial charge in [-0.15, -0.1) is 0 Å². The van der Waals surface area contributed by atoms with E-state index < -0.39 is 0 Å². The summed E-state index contributed by atoms with van der Waals surface area (Å²) in [5.41, 5.74) is 6.47. The number of carbonyl (C=O) groups is 2. The lowest BCUT2D eigenvalue weighted by Crippen LogP contribution is -2.46. The molecule has 1 aromatic carbocycles. The van der Waals surface area contributed by atoms with Crippen LogP contribution in [0.2, 0.25) is 10.0 Å². The molecule has 0 unspecified atom stereocenters. The van der Waals surface area contributed by atoms with Crippen molar-refractivity contribution in [3.05, 3.63) is 27.7 Å². The Hall–Kier alpha value is -0.800. The highest BCUT2D eigenvalue weighted by molar-refractivity contribution is 8.76. The molecule has 1 fully saturated rings. The fourth-order valence-electron chi connectivity index (χ4n) is 3.01. The zero-order chi connectivity index (χ0) is 21.4. The molecule has 1 saturated heterocycles. The minimum atomic E-state index is -0.239. The highest BCUT2D eigenvalue weighted by Crippen LogP contribution is 2.29. The molecule has 1 aromatic rings. The maximum atomic E-state index is 12.9. The standard InChI is InChI=1S/C19H28Cl2N4O2S2/c1-24(2)7-9-29-28-8-5-23-18(26)13-4-3-6-25(12-13)19(27)15-10-14(20)11-16(21)17(15)22/h10-11,13H,3-9,12,22H2,1-2H3,(H,23,26)/t13-/m0/s1. The molecule has 3 N–H and O–H groups in total. The number of nitrogens with two attached hydrogens (primary N) is 1. The van der Waals surface area contributed by atoms with E-state index >= 15 is 0 Å². The van der Waals surface area contributed by atoms with Gasteiger partial charge < -0.3 is 20.9 Å².